The first-order valence-electron chi connectivity index (χ1n) is 5.20. The van der Waals surface area contributed by atoms with Crippen LogP contribution < -0.4 is 0 Å². The molecular formula is C13H19F. The number of rotatable bonds is 2. The van der Waals surface area contributed by atoms with Crippen molar-refractivity contribution in [3.8, 4) is 0 Å². The Bertz CT molecular complexity index is 279. The third-order valence-electron chi connectivity index (χ3n) is 2.73. The van der Waals surface area contributed by atoms with Crippen molar-refractivity contribution < 1.29 is 4.39 Å². The Morgan fingerprint density at radius 2 is 1.64 bits per heavy atom. The molecule has 0 saturated carbocycles. The molecule has 14 heavy (non-hydrogen) atoms. The highest BCUT2D eigenvalue weighted by Gasteiger charge is 2.24. The Hall–Kier alpha value is -0.850. The summed E-state index contributed by atoms with van der Waals surface area (Å²) in [6.45, 7) is 8.86. The lowest BCUT2D eigenvalue weighted by Gasteiger charge is -2.30. The fourth-order valence-corrected chi connectivity index (χ4v) is 2.04. The van der Waals surface area contributed by atoms with Gasteiger partial charge in [0.25, 0.3) is 0 Å². The molecule has 0 aliphatic carbocycles. The van der Waals surface area contributed by atoms with E-state index in [1.165, 1.54) is 5.56 Å². The summed E-state index contributed by atoms with van der Waals surface area (Å²) in [7, 11) is 0. The predicted octanol–water partition coefficient (Wildman–Crippen LogP) is 4.37. The molecule has 0 heterocycles. The first-order valence-corrected chi connectivity index (χ1v) is 5.20. The van der Waals surface area contributed by atoms with Crippen LogP contribution in [0.5, 0.6) is 0 Å². The second-order valence-corrected chi connectivity index (χ2v) is 4.88. The van der Waals surface area contributed by atoms with E-state index in [-0.39, 0.29) is 11.2 Å². The van der Waals surface area contributed by atoms with E-state index in [1.54, 1.807) is 12.1 Å². The van der Waals surface area contributed by atoms with Gasteiger partial charge in [-0.05, 0) is 35.4 Å². The number of hydrogen-bond donors (Lipinski definition) is 0. The smallest absolute Gasteiger partial charge is 0.123 e. The summed E-state index contributed by atoms with van der Waals surface area (Å²) in [6.07, 6.45) is 1.09. The van der Waals surface area contributed by atoms with Crippen LogP contribution in [0.2, 0.25) is 0 Å². The Balaban J connectivity index is 2.96. The Morgan fingerprint density at radius 3 is 2.00 bits per heavy atom. The Morgan fingerprint density at radius 1 is 1.14 bits per heavy atom. The maximum absolute atomic E-state index is 12.8. The molecule has 0 amide bonds. The number of hydrogen-bond acceptors (Lipinski definition) is 0. The van der Waals surface area contributed by atoms with E-state index < -0.39 is 0 Å². The first-order chi connectivity index (χ1) is 6.45. The van der Waals surface area contributed by atoms with Gasteiger partial charge in [0.1, 0.15) is 5.82 Å². The van der Waals surface area contributed by atoms with Gasteiger partial charge in [-0.25, -0.2) is 4.39 Å². The van der Waals surface area contributed by atoms with Crippen LogP contribution in [0.4, 0.5) is 4.39 Å². The molecule has 0 aromatic heterocycles. The molecule has 78 valence electrons. The summed E-state index contributed by atoms with van der Waals surface area (Å²) >= 11 is 0. The van der Waals surface area contributed by atoms with Crippen molar-refractivity contribution >= 4 is 0 Å². The van der Waals surface area contributed by atoms with Crippen molar-refractivity contribution in [1.82, 2.24) is 0 Å². The largest absolute Gasteiger partial charge is 0.207 e. The van der Waals surface area contributed by atoms with Crippen LogP contribution in [0, 0.1) is 11.2 Å². The van der Waals surface area contributed by atoms with E-state index in [0.717, 1.165) is 6.42 Å². The quantitative estimate of drug-likeness (QED) is 0.656. The average molecular weight is 194 g/mol. The van der Waals surface area contributed by atoms with Crippen molar-refractivity contribution in [3.63, 3.8) is 0 Å². The van der Waals surface area contributed by atoms with E-state index in [1.807, 2.05) is 12.1 Å². The highest BCUT2D eigenvalue weighted by Crippen LogP contribution is 2.37. The lowest BCUT2D eigenvalue weighted by Crippen LogP contribution is -2.17. The van der Waals surface area contributed by atoms with Crippen LogP contribution in [-0.4, -0.2) is 0 Å². The van der Waals surface area contributed by atoms with Crippen LogP contribution in [0.25, 0.3) is 0 Å². The number of benzene rings is 1. The molecule has 0 nitrogen and oxygen atoms in total. The molecule has 1 heteroatoms. The zero-order chi connectivity index (χ0) is 10.8. The third-order valence-corrected chi connectivity index (χ3v) is 2.73. The maximum Gasteiger partial charge on any atom is 0.123 e. The molecule has 1 aromatic rings. The second kappa shape index (κ2) is 4.12. The van der Waals surface area contributed by atoms with Gasteiger partial charge in [-0.2, -0.15) is 0 Å². The SMILES string of the molecule is CCC(c1ccc(F)cc1)C(C)(C)C. The van der Waals surface area contributed by atoms with E-state index >= 15 is 0 Å². The molecule has 1 aromatic carbocycles. The normalized spacial score (nSPS) is 14.1. The van der Waals surface area contributed by atoms with Gasteiger partial charge in [0.15, 0.2) is 0 Å². The minimum atomic E-state index is -0.155. The maximum atomic E-state index is 12.8. The summed E-state index contributed by atoms with van der Waals surface area (Å²) in [4.78, 5) is 0. The average Bonchev–Trinajstić information content (AvgIpc) is 2.07. The molecule has 0 radical (unpaired) electrons. The molecule has 0 N–H and O–H groups in total. The van der Waals surface area contributed by atoms with Crippen LogP contribution in [0.15, 0.2) is 24.3 Å². The van der Waals surface area contributed by atoms with Crippen LogP contribution in [0.1, 0.15) is 45.6 Å². The molecular weight excluding hydrogens is 175 g/mol. The standard InChI is InChI=1S/C13H19F/c1-5-12(13(2,3)4)10-6-8-11(14)9-7-10/h6-9,12H,5H2,1-4H3. The van der Waals surface area contributed by atoms with Gasteiger partial charge in [0.2, 0.25) is 0 Å². The summed E-state index contributed by atoms with van der Waals surface area (Å²) in [5, 5.41) is 0. The topological polar surface area (TPSA) is 0 Å². The highest BCUT2D eigenvalue weighted by atomic mass is 19.1. The van der Waals surface area contributed by atoms with E-state index in [4.69, 9.17) is 0 Å². The highest BCUT2D eigenvalue weighted by molar-refractivity contribution is 5.22. The van der Waals surface area contributed by atoms with Gasteiger partial charge in [0, 0.05) is 0 Å². The lowest BCUT2D eigenvalue weighted by molar-refractivity contribution is 0.312. The third kappa shape index (κ3) is 2.57. The fraction of sp³-hybridized carbons (Fsp3) is 0.538. The van der Waals surface area contributed by atoms with Crippen molar-refractivity contribution in [2.75, 3.05) is 0 Å². The minimum Gasteiger partial charge on any atom is -0.207 e. The van der Waals surface area contributed by atoms with Gasteiger partial charge in [-0.3, -0.25) is 0 Å². The van der Waals surface area contributed by atoms with Crippen molar-refractivity contribution in [1.29, 1.82) is 0 Å². The predicted molar refractivity (Wildman–Crippen MR) is 58.9 cm³/mol. The van der Waals surface area contributed by atoms with Crippen LogP contribution in [0.3, 0.4) is 0 Å². The monoisotopic (exact) mass is 194 g/mol. The first kappa shape index (κ1) is 11.2. The molecule has 0 bridgehead atoms. The molecule has 0 fully saturated rings. The summed E-state index contributed by atoms with van der Waals surface area (Å²) in [5.41, 5.74) is 1.48. The van der Waals surface area contributed by atoms with Crippen LogP contribution in [-0.2, 0) is 0 Å². The molecule has 0 saturated heterocycles. The second-order valence-electron chi connectivity index (χ2n) is 4.88. The van der Waals surface area contributed by atoms with Crippen LogP contribution >= 0.6 is 0 Å². The molecule has 1 unspecified atom stereocenters. The zero-order valence-electron chi connectivity index (χ0n) is 9.47. The van der Waals surface area contributed by atoms with Crippen molar-refractivity contribution in [2.24, 2.45) is 5.41 Å². The Kier molecular flexibility index (Phi) is 3.30. The molecule has 1 rings (SSSR count). The fourth-order valence-electron chi connectivity index (χ4n) is 2.04. The summed E-state index contributed by atoms with van der Waals surface area (Å²) in [5.74, 6) is 0.348. The molecule has 0 aliphatic rings. The molecule has 0 spiro atoms. The van der Waals surface area contributed by atoms with E-state index in [0.29, 0.717) is 5.92 Å². The van der Waals surface area contributed by atoms with Gasteiger partial charge >= 0.3 is 0 Å². The lowest BCUT2D eigenvalue weighted by atomic mass is 9.75. The summed E-state index contributed by atoms with van der Waals surface area (Å²) < 4.78 is 12.8. The zero-order valence-corrected chi connectivity index (χ0v) is 9.47. The van der Waals surface area contributed by atoms with Gasteiger partial charge in [-0.1, -0.05) is 39.8 Å². The van der Waals surface area contributed by atoms with E-state index in [9.17, 15) is 4.39 Å². The Labute approximate surface area is 86.2 Å². The van der Waals surface area contributed by atoms with Gasteiger partial charge in [-0.15, -0.1) is 0 Å². The van der Waals surface area contributed by atoms with Gasteiger partial charge < -0.3 is 0 Å². The molecule has 0 aliphatic heterocycles. The van der Waals surface area contributed by atoms with Crippen molar-refractivity contribution in [2.45, 2.75) is 40.0 Å². The summed E-state index contributed by atoms with van der Waals surface area (Å²) in [6, 6.07) is 6.89. The van der Waals surface area contributed by atoms with Crippen molar-refractivity contribution in [3.05, 3.63) is 35.6 Å². The number of halogens is 1. The molecule has 1 atom stereocenters. The van der Waals surface area contributed by atoms with E-state index in [2.05, 4.69) is 27.7 Å². The minimum absolute atomic E-state index is 0.155. The van der Waals surface area contributed by atoms with Gasteiger partial charge in [0.05, 0.1) is 0 Å².